The zero-order valence-electron chi connectivity index (χ0n) is 11.2. The average Bonchev–Trinajstić information content (AvgIpc) is 2.81. The lowest BCUT2D eigenvalue weighted by molar-refractivity contribution is 0.0519. The Labute approximate surface area is 111 Å². The van der Waals surface area contributed by atoms with E-state index in [1.807, 2.05) is 31.2 Å². The molecule has 1 aromatic heterocycles. The van der Waals surface area contributed by atoms with E-state index in [-0.39, 0.29) is 0 Å². The van der Waals surface area contributed by atoms with Crippen LogP contribution in [0.2, 0.25) is 0 Å². The van der Waals surface area contributed by atoms with Crippen LogP contribution in [0.3, 0.4) is 0 Å². The Balaban J connectivity index is 2.31. The van der Waals surface area contributed by atoms with E-state index >= 15 is 0 Å². The molecule has 5 nitrogen and oxygen atoms in total. The van der Waals surface area contributed by atoms with Gasteiger partial charge < -0.3 is 9.47 Å². The normalized spacial score (nSPS) is 10.3. The summed E-state index contributed by atoms with van der Waals surface area (Å²) in [7, 11) is 1.62. The Kier molecular flexibility index (Phi) is 3.85. The molecule has 0 aliphatic heterocycles. The fourth-order valence-electron chi connectivity index (χ4n) is 1.76. The van der Waals surface area contributed by atoms with Crippen molar-refractivity contribution in [2.45, 2.75) is 13.8 Å². The lowest BCUT2D eigenvalue weighted by atomic mass is 10.3. The molecule has 0 saturated carbocycles. The van der Waals surface area contributed by atoms with E-state index in [4.69, 9.17) is 9.47 Å². The summed E-state index contributed by atoms with van der Waals surface area (Å²) in [4.78, 5) is 11.6. The van der Waals surface area contributed by atoms with Crippen LogP contribution >= 0.6 is 0 Å². The molecule has 1 aromatic carbocycles. The fourth-order valence-corrected chi connectivity index (χ4v) is 1.76. The number of ether oxygens (including phenoxy) is 2. The zero-order chi connectivity index (χ0) is 13.8. The van der Waals surface area contributed by atoms with Crippen molar-refractivity contribution in [3.63, 3.8) is 0 Å². The molecule has 0 aliphatic carbocycles. The van der Waals surface area contributed by atoms with Crippen molar-refractivity contribution in [1.82, 2.24) is 9.78 Å². The summed E-state index contributed by atoms with van der Waals surface area (Å²) in [5.74, 6) is 0.372. The first-order valence-corrected chi connectivity index (χ1v) is 6.04. The van der Waals surface area contributed by atoms with Gasteiger partial charge in [-0.25, -0.2) is 9.48 Å². The first-order chi connectivity index (χ1) is 9.15. The molecular weight excluding hydrogens is 244 g/mol. The van der Waals surface area contributed by atoms with E-state index in [0.717, 1.165) is 17.1 Å². The quantitative estimate of drug-likeness (QED) is 0.792. The van der Waals surface area contributed by atoms with Gasteiger partial charge in [0.05, 0.1) is 19.4 Å². The van der Waals surface area contributed by atoms with Crippen molar-refractivity contribution >= 4 is 5.97 Å². The van der Waals surface area contributed by atoms with Crippen LogP contribution in [0.15, 0.2) is 30.3 Å². The predicted molar refractivity (Wildman–Crippen MR) is 70.8 cm³/mol. The van der Waals surface area contributed by atoms with Crippen LogP contribution in [0.4, 0.5) is 0 Å². The maximum Gasteiger partial charge on any atom is 0.358 e. The number of aryl methyl sites for hydroxylation is 1. The maximum atomic E-state index is 11.6. The summed E-state index contributed by atoms with van der Waals surface area (Å²) in [6, 6.07) is 9.17. The van der Waals surface area contributed by atoms with E-state index in [2.05, 4.69) is 5.10 Å². The average molecular weight is 260 g/mol. The summed E-state index contributed by atoms with van der Waals surface area (Å²) in [6.07, 6.45) is 0. The number of carbonyl (C=O) groups excluding carboxylic acids is 1. The lowest BCUT2D eigenvalue weighted by Gasteiger charge is -2.05. The van der Waals surface area contributed by atoms with Gasteiger partial charge in [-0.1, -0.05) is 0 Å². The van der Waals surface area contributed by atoms with Gasteiger partial charge in [0.1, 0.15) is 5.75 Å². The standard InChI is InChI=1S/C14H16N2O3/c1-4-19-14(17)13-9-10(2)16(15-13)11-5-7-12(18-3)8-6-11/h5-9H,4H2,1-3H3. The third kappa shape index (κ3) is 2.76. The van der Waals surface area contributed by atoms with Crippen LogP contribution < -0.4 is 4.74 Å². The Bertz CT molecular complexity index is 573. The van der Waals surface area contributed by atoms with Gasteiger partial charge in [-0.3, -0.25) is 0 Å². The summed E-state index contributed by atoms with van der Waals surface area (Å²) in [5, 5.41) is 4.26. The van der Waals surface area contributed by atoms with E-state index < -0.39 is 5.97 Å². The molecule has 0 radical (unpaired) electrons. The first kappa shape index (κ1) is 13.1. The Hall–Kier alpha value is -2.30. The number of nitrogens with zero attached hydrogens (tertiary/aromatic N) is 2. The molecule has 5 heteroatoms. The summed E-state index contributed by atoms with van der Waals surface area (Å²) >= 11 is 0. The molecule has 0 amide bonds. The fraction of sp³-hybridized carbons (Fsp3) is 0.286. The molecule has 2 aromatic rings. The van der Waals surface area contributed by atoms with Gasteiger partial charge in [-0.15, -0.1) is 0 Å². The van der Waals surface area contributed by atoms with Gasteiger partial charge >= 0.3 is 5.97 Å². The van der Waals surface area contributed by atoms with Crippen LogP contribution in [-0.2, 0) is 4.74 Å². The first-order valence-electron chi connectivity index (χ1n) is 6.04. The van der Waals surface area contributed by atoms with Crippen molar-refractivity contribution in [2.24, 2.45) is 0 Å². The van der Waals surface area contributed by atoms with Crippen molar-refractivity contribution in [3.05, 3.63) is 41.7 Å². The molecule has 0 aliphatic rings. The van der Waals surface area contributed by atoms with Crippen molar-refractivity contribution in [2.75, 3.05) is 13.7 Å². The van der Waals surface area contributed by atoms with Crippen LogP contribution in [-0.4, -0.2) is 29.5 Å². The molecule has 2 rings (SSSR count). The van der Waals surface area contributed by atoms with Crippen LogP contribution in [0.25, 0.3) is 5.69 Å². The summed E-state index contributed by atoms with van der Waals surface area (Å²) in [6.45, 7) is 4.00. The van der Waals surface area contributed by atoms with Crippen LogP contribution in [0, 0.1) is 6.92 Å². The maximum absolute atomic E-state index is 11.6. The lowest BCUT2D eigenvalue weighted by Crippen LogP contribution is -2.06. The largest absolute Gasteiger partial charge is 0.497 e. The van der Waals surface area contributed by atoms with Crippen molar-refractivity contribution in [3.8, 4) is 11.4 Å². The van der Waals surface area contributed by atoms with E-state index in [1.54, 1.807) is 24.8 Å². The van der Waals surface area contributed by atoms with Gasteiger partial charge in [-0.05, 0) is 44.2 Å². The minimum atomic E-state index is -0.405. The summed E-state index contributed by atoms with van der Waals surface area (Å²) in [5.41, 5.74) is 2.05. The van der Waals surface area contributed by atoms with Gasteiger partial charge in [0.2, 0.25) is 0 Å². The molecule has 0 unspecified atom stereocenters. The van der Waals surface area contributed by atoms with Gasteiger partial charge in [-0.2, -0.15) is 5.10 Å². The molecular formula is C14H16N2O3. The molecule has 0 atom stereocenters. The minimum Gasteiger partial charge on any atom is -0.497 e. The molecule has 1 heterocycles. The zero-order valence-corrected chi connectivity index (χ0v) is 11.2. The Morgan fingerprint density at radius 1 is 1.32 bits per heavy atom. The molecule has 0 spiro atoms. The summed E-state index contributed by atoms with van der Waals surface area (Å²) < 4.78 is 11.7. The number of esters is 1. The molecule has 0 N–H and O–H groups in total. The highest BCUT2D eigenvalue weighted by atomic mass is 16.5. The monoisotopic (exact) mass is 260 g/mol. The number of methoxy groups -OCH3 is 1. The van der Waals surface area contributed by atoms with Gasteiger partial charge in [0, 0.05) is 5.69 Å². The van der Waals surface area contributed by atoms with Crippen LogP contribution in [0.1, 0.15) is 23.1 Å². The third-order valence-electron chi connectivity index (χ3n) is 2.69. The molecule has 0 fully saturated rings. The predicted octanol–water partition coefficient (Wildman–Crippen LogP) is 2.37. The molecule has 19 heavy (non-hydrogen) atoms. The number of hydrogen-bond donors (Lipinski definition) is 0. The Morgan fingerprint density at radius 2 is 2.00 bits per heavy atom. The van der Waals surface area contributed by atoms with E-state index in [0.29, 0.717) is 12.3 Å². The number of benzene rings is 1. The van der Waals surface area contributed by atoms with Crippen LogP contribution in [0.5, 0.6) is 5.75 Å². The highest BCUT2D eigenvalue weighted by molar-refractivity contribution is 5.87. The number of rotatable bonds is 4. The smallest absolute Gasteiger partial charge is 0.358 e. The second-order valence-electron chi connectivity index (χ2n) is 4.00. The molecule has 100 valence electrons. The van der Waals surface area contributed by atoms with Gasteiger partial charge in [0.25, 0.3) is 0 Å². The highest BCUT2D eigenvalue weighted by Gasteiger charge is 2.13. The SMILES string of the molecule is CCOC(=O)c1cc(C)n(-c2ccc(OC)cc2)n1. The molecule has 0 bridgehead atoms. The topological polar surface area (TPSA) is 53.4 Å². The second kappa shape index (κ2) is 5.56. The number of aromatic nitrogens is 2. The van der Waals surface area contributed by atoms with E-state index in [1.165, 1.54) is 0 Å². The second-order valence-corrected chi connectivity index (χ2v) is 4.00. The highest BCUT2D eigenvalue weighted by Crippen LogP contribution is 2.17. The van der Waals surface area contributed by atoms with Gasteiger partial charge in [0.15, 0.2) is 5.69 Å². The van der Waals surface area contributed by atoms with Crippen molar-refractivity contribution in [1.29, 1.82) is 0 Å². The number of carbonyl (C=O) groups is 1. The third-order valence-corrected chi connectivity index (χ3v) is 2.69. The number of hydrogen-bond acceptors (Lipinski definition) is 4. The molecule has 0 saturated heterocycles. The minimum absolute atomic E-state index is 0.315. The van der Waals surface area contributed by atoms with Crippen molar-refractivity contribution < 1.29 is 14.3 Å². The van der Waals surface area contributed by atoms with E-state index in [9.17, 15) is 4.79 Å². The Morgan fingerprint density at radius 3 is 2.58 bits per heavy atom.